The molecule has 0 atom stereocenters. The molecular weight excluding hydrogens is 320 g/mol. The Kier molecular flexibility index (Phi) is 5.46. The number of sulfonamides is 1. The van der Waals surface area contributed by atoms with Crippen LogP contribution < -0.4 is 4.72 Å². The zero-order valence-corrected chi connectivity index (χ0v) is 13.7. The van der Waals surface area contributed by atoms with Gasteiger partial charge in [0, 0.05) is 6.42 Å². The van der Waals surface area contributed by atoms with E-state index in [9.17, 15) is 8.42 Å². The summed E-state index contributed by atoms with van der Waals surface area (Å²) < 4.78 is 26.7. The molecule has 22 heavy (non-hydrogen) atoms. The monoisotopic (exact) mass is 336 g/mol. The minimum atomic E-state index is -3.54. The van der Waals surface area contributed by atoms with Crippen molar-refractivity contribution in [1.82, 2.24) is 10.2 Å². The standard InChI is InChI=1S/C14H16N4O2S2/c1-2-3-4-13-16-17-14(21-13)18-22(19,20)10-12-7-5-11(9-15)6-8-12/h5-8H,2-4,10H2,1H3,(H,17,18). The summed E-state index contributed by atoms with van der Waals surface area (Å²) in [5, 5.41) is 17.7. The lowest BCUT2D eigenvalue weighted by atomic mass is 10.2. The second kappa shape index (κ2) is 7.33. The molecule has 0 aliphatic carbocycles. The molecule has 0 radical (unpaired) electrons. The number of nitrogens with zero attached hydrogens (tertiary/aromatic N) is 3. The minimum Gasteiger partial charge on any atom is -0.257 e. The quantitative estimate of drug-likeness (QED) is 0.838. The highest BCUT2D eigenvalue weighted by molar-refractivity contribution is 7.92. The van der Waals surface area contributed by atoms with Crippen LogP contribution in [0.2, 0.25) is 0 Å². The predicted molar refractivity (Wildman–Crippen MR) is 85.9 cm³/mol. The number of anilines is 1. The number of hydrogen-bond donors (Lipinski definition) is 1. The first-order valence-electron chi connectivity index (χ1n) is 6.84. The van der Waals surface area contributed by atoms with Crippen molar-refractivity contribution < 1.29 is 8.42 Å². The predicted octanol–water partition coefficient (Wildman–Crippen LogP) is 2.69. The van der Waals surface area contributed by atoms with Gasteiger partial charge >= 0.3 is 0 Å². The fourth-order valence-corrected chi connectivity index (χ4v) is 3.98. The van der Waals surface area contributed by atoms with E-state index in [-0.39, 0.29) is 5.75 Å². The number of aryl methyl sites for hydroxylation is 1. The maximum Gasteiger partial charge on any atom is 0.238 e. The fraction of sp³-hybridized carbons (Fsp3) is 0.357. The Bertz CT molecular complexity index is 761. The molecule has 0 aliphatic rings. The van der Waals surface area contributed by atoms with Gasteiger partial charge in [-0.15, -0.1) is 10.2 Å². The summed E-state index contributed by atoms with van der Waals surface area (Å²) in [5.41, 5.74) is 1.11. The second-order valence-corrected chi connectivity index (χ2v) is 7.56. The molecular formula is C14H16N4O2S2. The molecule has 0 saturated carbocycles. The van der Waals surface area contributed by atoms with Gasteiger partial charge in [0.2, 0.25) is 15.2 Å². The molecule has 0 bridgehead atoms. The number of hydrogen-bond acceptors (Lipinski definition) is 6. The van der Waals surface area contributed by atoms with Crippen LogP contribution in [0.4, 0.5) is 5.13 Å². The number of nitriles is 1. The average Bonchev–Trinajstić information content (AvgIpc) is 2.92. The molecule has 1 aromatic heterocycles. The van der Waals surface area contributed by atoms with Gasteiger partial charge in [-0.1, -0.05) is 36.8 Å². The van der Waals surface area contributed by atoms with Crippen LogP contribution in [0.3, 0.4) is 0 Å². The van der Waals surface area contributed by atoms with Crippen LogP contribution in [-0.2, 0) is 22.2 Å². The van der Waals surface area contributed by atoms with Crippen LogP contribution in [0.1, 0.15) is 35.9 Å². The van der Waals surface area contributed by atoms with Gasteiger partial charge in [-0.05, 0) is 24.1 Å². The van der Waals surface area contributed by atoms with Crippen molar-refractivity contribution in [2.24, 2.45) is 0 Å². The number of benzene rings is 1. The van der Waals surface area contributed by atoms with Crippen molar-refractivity contribution >= 4 is 26.5 Å². The van der Waals surface area contributed by atoms with E-state index in [1.165, 1.54) is 11.3 Å². The zero-order chi connectivity index (χ0) is 16.0. The topological polar surface area (TPSA) is 95.7 Å². The second-order valence-electron chi connectivity index (χ2n) is 4.77. The average molecular weight is 336 g/mol. The van der Waals surface area contributed by atoms with E-state index < -0.39 is 10.0 Å². The first-order chi connectivity index (χ1) is 10.5. The lowest BCUT2D eigenvalue weighted by Gasteiger charge is -2.04. The summed E-state index contributed by atoms with van der Waals surface area (Å²) >= 11 is 1.26. The van der Waals surface area contributed by atoms with Crippen molar-refractivity contribution in [3.63, 3.8) is 0 Å². The molecule has 116 valence electrons. The van der Waals surface area contributed by atoms with Crippen LogP contribution in [-0.4, -0.2) is 18.6 Å². The summed E-state index contributed by atoms with van der Waals surface area (Å²) in [6, 6.07) is 8.45. The van der Waals surface area contributed by atoms with E-state index in [0.717, 1.165) is 24.3 Å². The van der Waals surface area contributed by atoms with E-state index in [1.807, 2.05) is 6.07 Å². The van der Waals surface area contributed by atoms with Crippen LogP contribution >= 0.6 is 11.3 Å². The van der Waals surface area contributed by atoms with Gasteiger partial charge in [0.15, 0.2) is 0 Å². The zero-order valence-electron chi connectivity index (χ0n) is 12.1. The molecule has 8 heteroatoms. The highest BCUT2D eigenvalue weighted by Gasteiger charge is 2.15. The molecule has 2 rings (SSSR count). The molecule has 1 aromatic carbocycles. The third-order valence-corrected chi connectivity index (χ3v) is 5.14. The summed E-state index contributed by atoms with van der Waals surface area (Å²) in [7, 11) is -3.54. The van der Waals surface area contributed by atoms with E-state index in [1.54, 1.807) is 24.3 Å². The molecule has 1 heterocycles. The van der Waals surface area contributed by atoms with E-state index >= 15 is 0 Å². The minimum absolute atomic E-state index is 0.164. The summed E-state index contributed by atoms with van der Waals surface area (Å²) in [5.74, 6) is -0.164. The van der Waals surface area contributed by atoms with E-state index in [4.69, 9.17) is 5.26 Å². The Morgan fingerprint density at radius 3 is 2.64 bits per heavy atom. The van der Waals surface area contributed by atoms with Gasteiger partial charge in [-0.25, -0.2) is 8.42 Å². The van der Waals surface area contributed by atoms with Crippen LogP contribution in [0.25, 0.3) is 0 Å². The normalized spacial score (nSPS) is 11.1. The molecule has 0 aliphatic heterocycles. The van der Waals surface area contributed by atoms with Crippen molar-refractivity contribution in [2.45, 2.75) is 31.9 Å². The SMILES string of the molecule is CCCCc1nnc(NS(=O)(=O)Cc2ccc(C#N)cc2)s1. The van der Waals surface area contributed by atoms with Gasteiger partial charge in [0.1, 0.15) is 5.01 Å². The lowest BCUT2D eigenvalue weighted by molar-refractivity contribution is 0.600. The first-order valence-corrected chi connectivity index (χ1v) is 9.31. The van der Waals surface area contributed by atoms with Gasteiger partial charge < -0.3 is 0 Å². The number of aromatic nitrogens is 2. The van der Waals surface area contributed by atoms with Crippen molar-refractivity contribution in [3.8, 4) is 6.07 Å². The Morgan fingerprint density at radius 1 is 1.27 bits per heavy atom. The Morgan fingerprint density at radius 2 is 2.00 bits per heavy atom. The van der Waals surface area contributed by atoms with Crippen molar-refractivity contribution in [1.29, 1.82) is 5.26 Å². The highest BCUT2D eigenvalue weighted by atomic mass is 32.2. The van der Waals surface area contributed by atoms with Crippen molar-refractivity contribution in [2.75, 3.05) is 4.72 Å². The Hall–Kier alpha value is -1.98. The van der Waals surface area contributed by atoms with Gasteiger partial charge in [0.05, 0.1) is 17.4 Å². The maximum absolute atomic E-state index is 12.1. The Labute approximate surface area is 133 Å². The highest BCUT2D eigenvalue weighted by Crippen LogP contribution is 2.19. The summed E-state index contributed by atoms with van der Waals surface area (Å²) in [4.78, 5) is 0. The molecule has 0 fully saturated rings. The third kappa shape index (κ3) is 4.79. The van der Waals surface area contributed by atoms with Gasteiger partial charge in [-0.2, -0.15) is 5.26 Å². The largest absolute Gasteiger partial charge is 0.257 e. The van der Waals surface area contributed by atoms with Crippen LogP contribution in [0.15, 0.2) is 24.3 Å². The molecule has 0 amide bonds. The lowest BCUT2D eigenvalue weighted by Crippen LogP contribution is -2.14. The third-order valence-electron chi connectivity index (χ3n) is 2.89. The Balaban J connectivity index is 2.01. The van der Waals surface area contributed by atoms with Crippen LogP contribution in [0, 0.1) is 11.3 Å². The first kappa shape index (κ1) is 16.4. The fourth-order valence-electron chi connectivity index (χ4n) is 1.79. The summed E-state index contributed by atoms with van der Waals surface area (Å²) in [6.45, 7) is 2.09. The summed E-state index contributed by atoms with van der Waals surface area (Å²) in [6.07, 6.45) is 2.87. The maximum atomic E-state index is 12.1. The molecule has 6 nitrogen and oxygen atoms in total. The number of rotatable bonds is 7. The van der Waals surface area contributed by atoms with E-state index in [2.05, 4.69) is 21.8 Å². The van der Waals surface area contributed by atoms with Crippen molar-refractivity contribution in [3.05, 3.63) is 40.4 Å². The van der Waals surface area contributed by atoms with Gasteiger partial charge in [-0.3, -0.25) is 4.72 Å². The van der Waals surface area contributed by atoms with Crippen LogP contribution in [0.5, 0.6) is 0 Å². The smallest absolute Gasteiger partial charge is 0.238 e. The number of unbranched alkanes of at least 4 members (excludes halogenated alkanes) is 1. The van der Waals surface area contributed by atoms with E-state index in [0.29, 0.717) is 16.3 Å². The molecule has 0 unspecified atom stereocenters. The molecule has 0 spiro atoms. The molecule has 2 aromatic rings. The molecule has 0 saturated heterocycles. The molecule has 1 N–H and O–H groups in total. The number of nitrogens with one attached hydrogen (secondary N) is 1. The van der Waals surface area contributed by atoms with Gasteiger partial charge in [0.25, 0.3) is 0 Å².